The van der Waals surface area contributed by atoms with Crippen LogP contribution in [0.3, 0.4) is 0 Å². The highest BCUT2D eigenvalue weighted by Crippen LogP contribution is 2.53. The van der Waals surface area contributed by atoms with E-state index in [1.807, 2.05) is 0 Å². The Hall–Kier alpha value is -1.90. The molecule has 7 nitrogen and oxygen atoms in total. The molecule has 0 unspecified atom stereocenters. The number of carbonyl (C=O) groups excluding carboxylic acids is 2. The predicted molar refractivity (Wildman–Crippen MR) is 117 cm³/mol. The van der Waals surface area contributed by atoms with E-state index in [1.165, 1.54) is 0 Å². The van der Waals surface area contributed by atoms with Gasteiger partial charge in [-0.15, -0.1) is 0 Å². The van der Waals surface area contributed by atoms with Gasteiger partial charge >= 0.3 is 7.12 Å². The summed E-state index contributed by atoms with van der Waals surface area (Å²) < 4.78 is 11.6. The molecule has 3 fully saturated rings. The number of hydrogen-bond acceptors (Lipinski definition) is 6. The summed E-state index contributed by atoms with van der Waals surface area (Å²) in [6, 6.07) is 3.45. The van der Waals surface area contributed by atoms with Gasteiger partial charge in [0.15, 0.2) is 0 Å². The van der Waals surface area contributed by atoms with Crippen LogP contribution in [0.4, 0.5) is 0 Å². The van der Waals surface area contributed by atoms with Crippen molar-refractivity contribution in [2.24, 2.45) is 23.7 Å². The number of nitrogens with zero attached hydrogens (tertiary/aromatic N) is 1. The van der Waals surface area contributed by atoms with Gasteiger partial charge in [-0.05, 0) is 55.1 Å². The first-order chi connectivity index (χ1) is 15.4. The summed E-state index contributed by atoms with van der Waals surface area (Å²) >= 11 is 0. The maximum Gasteiger partial charge on any atom is 0.487 e. The van der Waals surface area contributed by atoms with Gasteiger partial charge in [0.25, 0.3) is 0 Å². The highest BCUT2D eigenvalue weighted by molar-refractivity contribution is 6.53. The number of hydrogen-bond donors (Lipinski definition) is 2. The van der Waals surface area contributed by atoms with Gasteiger partial charge in [-0.2, -0.15) is 0 Å². The highest BCUT2D eigenvalue weighted by atomic mass is 16.5. The SMILES string of the molecule is CC(C)C1=C2B(O)O[C@H](c3ccc(CO)o3)C[C@H]2[C@H]2C(=O)N(C3CCCCC3)C(=O)[C@H]2C1. The van der Waals surface area contributed by atoms with Crippen molar-refractivity contribution in [3.63, 3.8) is 0 Å². The molecule has 1 saturated carbocycles. The molecule has 0 radical (unpaired) electrons. The lowest BCUT2D eigenvalue weighted by atomic mass is 9.54. The zero-order valence-electron chi connectivity index (χ0n) is 18.8. The van der Waals surface area contributed by atoms with Crippen molar-refractivity contribution in [2.75, 3.05) is 0 Å². The van der Waals surface area contributed by atoms with Crippen molar-refractivity contribution < 1.29 is 28.8 Å². The van der Waals surface area contributed by atoms with Crippen LogP contribution in [0.15, 0.2) is 27.6 Å². The Morgan fingerprint density at radius 3 is 2.53 bits per heavy atom. The zero-order chi connectivity index (χ0) is 22.6. The van der Waals surface area contributed by atoms with Gasteiger partial charge in [-0.1, -0.05) is 38.7 Å². The van der Waals surface area contributed by atoms with Crippen LogP contribution in [-0.2, 0) is 20.9 Å². The van der Waals surface area contributed by atoms with Crippen molar-refractivity contribution in [2.45, 2.75) is 77.5 Å². The fourth-order valence-electron chi connectivity index (χ4n) is 6.46. The second-order valence-electron chi connectivity index (χ2n) is 10.1. The van der Waals surface area contributed by atoms with Crippen LogP contribution in [0.2, 0.25) is 0 Å². The fourth-order valence-corrected chi connectivity index (χ4v) is 6.46. The van der Waals surface area contributed by atoms with Crippen LogP contribution in [-0.4, -0.2) is 40.0 Å². The minimum Gasteiger partial charge on any atom is -0.461 e. The van der Waals surface area contributed by atoms with Crippen LogP contribution in [0.25, 0.3) is 0 Å². The van der Waals surface area contributed by atoms with Crippen molar-refractivity contribution in [3.8, 4) is 0 Å². The predicted octanol–water partition coefficient (Wildman–Crippen LogP) is 3.16. The molecule has 1 aromatic heterocycles. The molecule has 2 amide bonds. The van der Waals surface area contributed by atoms with Crippen molar-refractivity contribution in [3.05, 3.63) is 34.7 Å². The Balaban J connectivity index is 1.51. The molecule has 2 aliphatic carbocycles. The van der Waals surface area contributed by atoms with E-state index in [1.54, 1.807) is 17.0 Å². The number of imide groups is 1. The first-order valence-corrected chi connectivity index (χ1v) is 12.0. The molecular formula is C24H32BNO6. The summed E-state index contributed by atoms with van der Waals surface area (Å²) in [5.74, 6) is -0.0445. The molecule has 0 aromatic carbocycles. The average molecular weight is 441 g/mol. The van der Waals surface area contributed by atoms with E-state index in [9.17, 15) is 19.7 Å². The number of aliphatic hydroxyl groups is 1. The summed E-state index contributed by atoms with van der Waals surface area (Å²) in [6.07, 6.45) is 5.52. The number of fused-ring (bicyclic) bond motifs is 3. The van der Waals surface area contributed by atoms with Crippen LogP contribution in [0, 0.1) is 23.7 Å². The average Bonchev–Trinajstić information content (AvgIpc) is 3.36. The third-order valence-electron chi connectivity index (χ3n) is 7.97. The third-order valence-corrected chi connectivity index (χ3v) is 7.97. The lowest BCUT2D eigenvalue weighted by Gasteiger charge is -2.42. The lowest BCUT2D eigenvalue weighted by Crippen LogP contribution is -2.46. The minimum atomic E-state index is -1.13. The minimum absolute atomic E-state index is 0.0121. The topological polar surface area (TPSA) is 100 Å². The normalized spacial score (nSPS) is 31.5. The van der Waals surface area contributed by atoms with Gasteiger partial charge < -0.3 is 19.2 Å². The molecule has 8 heteroatoms. The van der Waals surface area contributed by atoms with Crippen LogP contribution >= 0.6 is 0 Å². The number of allylic oxidation sites excluding steroid dienone is 2. The first kappa shape index (κ1) is 21.9. The Morgan fingerprint density at radius 1 is 1.12 bits per heavy atom. The van der Waals surface area contributed by atoms with E-state index < -0.39 is 19.1 Å². The maximum absolute atomic E-state index is 13.7. The summed E-state index contributed by atoms with van der Waals surface area (Å²) in [5.41, 5.74) is 1.84. The number of furan rings is 1. The molecule has 4 aliphatic rings. The van der Waals surface area contributed by atoms with E-state index in [4.69, 9.17) is 9.07 Å². The number of likely N-dealkylation sites (tertiary alicyclic amines) is 1. The Morgan fingerprint density at radius 2 is 1.88 bits per heavy atom. The number of aliphatic hydroxyl groups excluding tert-OH is 1. The zero-order valence-corrected chi connectivity index (χ0v) is 18.8. The quantitative estimate of drug-likeness (QED) is 0.550. The summed E-state index contributed by atoms with van der Waals surface area (Å²) in [7, 11) is -1.13. The highest BCUT2D eigenvalue weighted by Gasteiger charge is 2.59. The lowest BCUT2D eigenvalue weighted by molar-refractivity contribution is -0.143. The van der Waals surface area contributed by atoms with Crippen LogP contribution in [0.5, 0.6) is 0 Å². The van der Waals surface area contributed by atoms with E-state index in [-0.39, 0.29) is 42.2 Å². The second kappa shape index (κ2) is 8.47. The fraction of sp³-hybridized carbons (Fsp3) is 0.667. The molecule has 2 saturated heterocycles. The second-order valence-corrected chi connectivity index (χ2v) is 10.1. The number of rotatable bonds is 4. The maximum atomic E-state index is 13.7. The molecule has 1 aromatic rings. The smallest absolute Gasteiger partial charge is 0.461 e. The third kappa shape index (κ3) is 3.47. The van der Waals surface area contributed by atoms with E-state index in [0.29, 0.717) is 24.4 Å². The van der Waals surface area contributed by atoms with Crippen molar-refractivity contribution in [1.82, 2.24) is 4.90 Å². The molecule has 2 N–H and O–H groups in total. The molecular weight excluding hydrogens is 409 g/mol. The summed E-state index contributed by atoms with van der Waals surface area (Å²) in [4.78, 5) is 28.8. The number of carbonyl (C=O) groups is 2. The van der Waals surface area contributed by atoms with Crippen LogP contribution in [0.1, 0.15) is 76.4 Å². The molecule has 0 bridgehead atoms. The van der Waals surface area contributed by atoms with E-state index in [0.717, 1.165) is 43.1 Å². The number of amides is 2. The van der Waals surface area contributed by atoms with E-state index >= 15 is 0 Å². The van der Waals surface area contributed by atoms with Crippen molar-refractivity contribution in [1.29, 1.82) is 0 Å². The van der Waals surface area contributed by atoms with Gasteiger partial charge in [0.1, 0.15) is 24.2 Å². The van der Waals surface area contributed by atoms with Crippen molar-refractivity contribution >= 4 is 18.9 Å². The molecule has 172 valence electrons. The Labute approximate surface area is 188 Å². The Kier molecular flexibility index (Phi) is 5.80. The molecule has 5 rings (SSSR count). The Bertz CT molecular complexity index is 933. The van der Waals surface area contributed by atoms with Gasteiger partial charge in [0, 0.05) is 6.04 Å². The summed E-state index contributed by atoms with van der Waals surface area (Å²) in [5, 5.41) is 20.4. The molecule has 4 atom stereocenters. The van der Waals surface area contributed by atoms with Gasteiger partial charge in [0.05, 0.1) is 11.8 Å². The van der Waals surface area contributed by atoms with E-state index in [2.05, 4.69) is 13.8 Å². The molecule has 3 heterocycles. The van der Waals surface area contributed by atoms with Gasteiger partial charge in [-0.25, -0.2) is 0 Å². The molecule has 0 spiro atoms. The monoisotopic (exact) mass is 441 g/mol. The molecule has 32 heavy (non-hydrogen) atoms. The first-order valence-electron chi connectivity index (χ1n) is 12.0. The van der Waals surface area contributed by atoms with Crippen LogP contribution < -0.4 is 0 Å². The summed E-state index contributed by atoms with van der Waals surface area (Å²) in [6.45, 7) is 3.92. The van der Waals surface area contributed by atoms with Gasteiger partial charge in [-0.3, -0.25) is 14.5 Å². The molecule has 2 aliphatic heterocycles. The van der Waals surface area contributed by atoms with Gasteiger partial charge in [0.2, 0.25) is 11.8 Å². The largest absolute Gasteiger partial charge is 0.487 e. The standard InChI is InChI=1S/C24H32BNO6/c1-13(2)16-10-18-21(24(29)26(23(18)28)14-6-4-3-5-7-14)17-11-20(32-25(30)22(16)17)19-9-8-15(12-27)31-19/h8-9,13-14,17-18,20-21,27,30H,3-7,10-12H2,1-2H3/t17-,18-,20-,21+/m0/s1.